The van der Waals surface area contributed by atoms with Gasteiger partial charge in [-0.2, -0.15) is 0 Å². The maximum absolute atomic E-state index is 13.5. The molecule has 0 saturated heterocycles. The Kier molecular flexibility index (Phi) is 5.21. The molecule has 0 bridgehead atoms. The Balaban J connectivity index is 3.03. The molecule has 0 spiro atoms. The maximum atomic E-state index is 13.5. The minimum Gasteiger partial charge on any atom is -0.465 e. The molecule has 1 rings (SSSR count). The number of aliphatic hydroxyl groups excluding tert-OH is 2. The highest BCUT2D eigenvalue weighted by molar-refractivity contribution is 5.89. The number of methoxy groups -OCH3 is 1. The third-order valence-electron chi connectivity index (χ3n) is 2.51. The number of likely N-dealkylation sites (N-methyl/N-ethyl adjacent to an activating group) is 1. The van der Waals surface area contributed by atoms with Crippen molar-refractivity contribution in [3.63, 3.8) is 0 Å². The smallest absolute Gasteiger partial charge is 0.337 e. The van der Waals surface area contributed by atoms with Crippen molar-refractivity contribution in [3.8, 4) is 0 Å². The molecule has 0 amide bonds. The Bertz CT molecular complexity index is 425. The minimum absolute atomic E-state index is 0.100. The largest absolute Gasteiger partial charge is 0.465 e. The van der Waals surface area contributed by atoms with Crippen LogP contribution in [0.1, 0.15) is 22.0 Å². The molecular weight excluding hydrogens is 241 g/mol. The van der Waals surface area contributed by atoms with E-state index in [1.54, 1.807) is 7.05 Å². The SMILES string of the molecule is CNCC(O)C(O)c1cc(C(=O)OC)ccc1F. The van der Waals surface area contributed by atoms with E-state index in [0.717, 1.165) is 6.07 Å². The Labute approximate surface area is 104 Å². The van der Waals surface area contributed by atoms with Gasteiger partial charge in [-0.1, -0.05) is 0 Å². The third-order valence-corrected chi connectivity index (χ3v) is 2.51. The highest BCUT2D eigenvalue weighted by Crippen LogP contribution is 2.22. The zero-order chi connectivity index (χ0) is 13.7. The third kappa shape index (κ3) is 3.25. The van der Waals surface area contributed by atoms with Crippen LogP contribution in [0, 0.1) is 5.82 Å². The fourth-order valence-electron chi connectivity index (χ4n) is 1.54. The highest BCUT2D eigenvalue weighted by Gasteiger charge is 2.22. The second-order valence-corrected chi connectivity index (χ2v) is 3.80. The van der Waals surface area contributed by atoms with Crippen molar-refractivity contribution in [1.82, 2.24) is 5.32 Å². The molecule has 3 N–H and O–H groups in total. The molecule has 0 aliphatic heterocycles. The number of rotatable bonds is 5. The van der Waals surface area contributed by atoms with Gasteiger partial charge >= 0.3 is 5.97 Å². The number of halogens is 1. The second kappa shape index (κ2) is 6.44. The van der Waals surface area contributed by atoms with Crippen LogP contribution in [0.3, 0.4) is 0 Å². The number of nitrogens with one attached hydrogen (secondary N) is 1. The summed E-state index contributed by atoms with van der Waals surface area (Å²) in [5, 5.41) is 22.0. The summed E-state index contributed by atoms with van der Waals surface area (Å²) in [6.07, 6.45) is -2.58. The molecule has 1 aromatic carbocycles. The average Bonchev–Trinajstić information content (AvgIpc) is 2.37. The van der Waals surface area contributed by atoms with Gasteiger partial charge in [0, 0.05) is 12.1 Å². The number of esters is 1. The fraction of sp³-hybridized carbons (Fsp3) is 0.417. The first kappa shape index (κ1) is 14.6. The molecule has 0 heterocycles. The van der Waals surface area contributed by atoms with Gasteiger partial charge in [-0.3, -0.25) is 0 Å². The fourth-order valence-corrected chi connectivity index (χ4v) is 1.54. The number of aliphatic hydroxyl groups is 2. The van der Waals surface area contributed by atoms with Gasteiger partial charge in [0.15, 0.2) is 0 Å². The van der Waals surface area contributed by atoms with Crippen molar-refractivity contribution in [2.24, 2.45) is 0 Å². The molecular formula is C12H16FNO4. The standard InChI is InChI=1S/C12H16FNO4/c1-14-6-10(15)11(16)8-5-7(12(17)18-2)3-4-9(8)13/h3-5,10-11,14-16H,6H2,1-2H3. The number of ether oxygens (including phenoxy) is 1. The van der Waals surface area contributed by atoms with Crippen LogP contribution in [0.2, 0.25) is 0 Å². The van der Waals surface area contributed by atoms with Gasteiger partial charge in [0.2, 0.25) is 0 Å². The molecule has 1 aromatic rings. The highest BCUT2D eigenvalue weighted by atomic mass is 19.1. The van der Waals surface area contributed by atoms with Crippen molar-refractivity contribution in [2.75, 3.05) is 20.7 Å². The normalized spacial score (nSPS) is 14.1. The zero-order valence-corrected chi connectivity index (χ0v) is 10.2. The monoisotopic (exact) mass is 257 g/mol. The molecule has 6 heteroatoms. The molecule has 0 radical (unpaired) electrons. The Morgan fingerprint density at radius 3 is 2.72 bits per heavy atom. The molecule has 100 valence electrons. The van der Waals surface area contributed by atoms with Crippen LogP contribution in [-0.2, 0) is 4.74 Å². The summed E-state index contributed by atoms with van der Waals surface area (Å²) in [7, 11) is 2.80. The van der Waals surface area contributed by atoms with Crippen LogP contribution >= 0.6 is 0 Å². The van der Waals surface area contributed by atoms with E-state index >= 15 is 0 Å². The van der Waals surface area contributed by atoms with Crippen LogP contribution in [0.4, 0.5) is 4.39 Å². The van der Waals surface area contributed by atoms with Gasteiger partial charge in [-0.15, -0.1) is 0 Å². The molecule has 5 nitrogen and oxygen atoms in total. The first-order valence-corrected chi connectivity index (χ1v) is 5.39. The van der Waals surface area contributed by atoms with Crippen molar-refractivity contribution in [2.45, 2.75) is 12.2 Å². The summed E-state index contributed by atoms with van der Waals surface area (Å²) in [4.78, 5) is 11.3. The Hall–Kier alpha value is -1.50. The number of hydrogen-bond donors (Lipinski definition) is 3. The van der Waals surface area contributed by atoms with Crippen LogP contribution < -0.4 is 5.32 Å². The molecule has 0 aliphatic carbocycles. The molecule has 18 heavy (non-hydrogen) atoms. The Morgan fingerprint density at radius 1 is 1.50 bits per heavy atom. The van der Waals surface area contributed by atoms with E-state index in [4.69, 9.17) is 0 Å². The summed E-state index contributed by atoms with van der Waals surface area (Å²) in [5.41, 5.74) is -0.0229. The van der Waals surface area contributed by atoms with Gasteiger partial charge in [-0.25, -0.2) is 9.18 Å². The van der Waals surface area contributed by atoms with E-state index in [2.05, 4.69) is 10.1 Å². The van der Waals surface area contributed by atoms with Gasteiger partial charge in [0.25, 0.3) is 0 Å². The second-order valence-electron chi connectivity index (χ2n) is 3.80. The summed E-state index contributed by atoms with van der Waals surface area (Å²) < 4.78 is 18.0. The van der Waals surface area contributed by atoms with Gasteiger partial charge < -0.3 is 20.3 Å². The number of carbonyl (C=O) groups excluding carboxylic acids is 1. The molecule has 0 saturated carbocycles. The van der Waals surface area contributed by atoms with E-state index < -0.39 is 24.0 Å². The Morgan fingerprint density at radius 2 is 2.17 bits per heavy atom. The summed E-state index contributed by atoms with van der Waals surface area (Å²) in [6.45, 7) is 0.100. The molecule has 0 fully saturated rings. The summed E-state index contributed by atoms with van der Waals surface area (Å²) in [6, 6.07) is 3.48. The molecule has 2 unspecified atom stereocenters. The number of carbonyl (C=O) groups is 1. The lowest BCUT2D eigenvalue weighted by Crippen LogP contribution is -2.30. The van der Waals surface area contributed by atoms with E-state index in [1.807, 2.05) is 0 Å². The van der Waals surface area contributed by atoms with Crippen molar-refractivity contribution < 1.29 is 24.1 Å². The van der Waals surface area contributed by atoms with Gasteiger partial charge in [-0.05, 0) is 25.2 Å². The van der Waals surface area contributed by atoms with Crippen LogP contribution in [0.15, 0.2) is 18.2 Å². The van der Waals surface area contributed by atoms with E-state index in [0.29, 0.717) is 0 Å². The number of hydrogen-bond acceptors (Lipinski definition) is 5. The summed E-state index contributed by atoms with van der Waals surface area (Å²) in [5.74, 6) is -1.32. The van der Waals surface area contributed by atoms with Crippen LogP contribution in [0.5, 0.6) is 0 Å². The average molecular weight is 257 g/mol. The number of benzene rings is 1. The van der Waals surface area contributed by atoms with Gasteiger partial charge in [0.1, 0.15) is 11.9 Å². The lowest BCUT2D eigenvalue weighted by atomic mass is 10.0. The molecule has 2 atom stereocenters. The lowest BCUT2D eigenvalue weighted by Gasteiger charge is -2.18. The van der Waals surface area contributed by atoms with E-state index in [1.165, 1.54) is 19.2 Å². The van der Waals surface area contributed by atoms with Crippen LogP contribution in [-0.4, -0.2) is 43.0 Å². The zero-order valence-electron chi connectivity index (χ0n) is 10.2. The van der Waals surface area contributed by atoms with Gasteiger partial charge in [0.05, 0.1) is 18.8 Å². The van der Waals surface area contributed by atoms with E-state index in [-0.39, 0.29) is 17.7 Å². The predicted octanol–water partition coefficient (Wildman–Crippen LogP) is 0.226. The van der Waals surface area contributed by atoms with Crippen molar-refractivity contribution in [1.29, 1.82) is 0 Å². The lowest BCUT2D eigenvalue weighted by molar-refractivity contribution is 0.0180. The first-order valence-electron chi connectivity index (χ1n) is 5.39. The first-order chi connectivity index (χ1) is 8.51. The summed E-state index contributed by atoms with van der Waals surface area (Å²) >= 11 is 0. The topological polar surface area (TPSA) is 78.8 Å². The van der Waals surface area contributed by atoms with Crippen molar-refractivity contribution >= 4 is 5.97 Å². The molecule has 0 aliphatic rings. The van der Waals surface area contributed by atoms with E-state index in [9.17, 15) is 19.4 Å². The van der Waals surface area contributed by atoms with Crippen molar-refractivity contribution in [3.05, 3.63) is 35.1 Å². The minimum atomic E-state index is -1.41. The predicted molar refractivity (Wildman–Crippen MR) is 62.6 cm³/mol. The molecule has 0 aromatic heterocycles. The maximum Gasteiger partial charge on any atom is 0.337 e. The van der Waals surface area contributed by atoms with Crippen LogP contribution in [0.25, 0.3) is 0 Å². The quantitative estimate of drug-likeness (QED) is 0.658.